The van der Waals surface area contributed by atoms with Crippen LogP contribution < -0.4 is 0 Å². The van der Waals surface area contributed by atoms with Gasteiger partial charge in [0.1, 0.15) is 0 Å². The Morgan fingerprint density at radius 3 is 1.06 bits per heavy atom. The lowest BCUT2D eigenvalue weighted by Crippen LogP contribution is -2.05. The summed E-state index contributed by atoms with van der Waals surface area (Å²) < 4.78 is 5.46. The zero-order chi connectivity index (χ0) is 34.0. The second kappa shape index (κ2) is 43.0. The maximum atomic E-state index is 12.0. The Morgan fingerprint density at radius 1 is 0.362 bits per heavy atom. The summed E-state index contributed by atoms with van der Waals surface area (Å²) in [5.74, 6) is 0.0198. The van der Waals surface area contributed by atoms with Gasteiger partial charge >= 0.3 is 5.97 Å². The van der Waals surface area contributed by atoms with Crippen molar-refractivity contribution in [1.29, 1.82) is 0 Å². The second-order valence-corrected chi connectivity index (χ2v) is 14.7. The van der Waals surface area contributed by atoms with E-state index in [-0.39, 0.29) is 5.97 Å². The molecule has 0 N–H and O–H groups in total. The lowest BCUT2D eigenvalue weighted by atomic mass is 10.0. The van der Waals surface area contributed by atoms with Gasteiger partial charge in [0.15, 0.2) is 0 Å². The van der Waals surface area contributed by atoms with Crippen LogP contribution >= 0.6 is 0 Å². The standard InChI is InChI=1S/C45H86O2/c1-3-5-7-9-11-13-15-17-19-21-22-23-24-25-26-27-28-29-31-33-35-37-39-41-43-45(46)47-44-42-40-38-36-34-32-30-20-18-16-14-12-10-8-6-4-2/h12,14,18,20H,3-11,13,15-17,19,21-44H2,1-2H3/b14-12-,20-18+. The minimum absolute atomic E-state index is 0.0198. The van der Waals surface area contributed by atoms with Crippen molar-refractivity contribution < 1.29 is 9.53 Å². The van der Waals surface area contributed by atoms with Crippen LogP contribution in [0.15, 0.2) is 24.3 Å². The molecule has 0 fully saturated rings. The van der Waals surface area contributed by atoms with Crippen LogP contribution in [0.5, 0.6) is 0 Å². The Morgan fingerprint density at radius 2 is 0.660 bits per heavy atom. The molecule has 278 valence electrons. The fraction of sp³-hybridized carbons (Fsp3) is 0.889. The van der Waals surface area contributed by atoms with Crippen molar-refractivity contribution in [2.45, 2.75) is 251 Å². The fourth-order valence-electron chi connectivity index (χ4n) is 6.58. The Hall–Kier alpha value is -1.05. The number of esters is 1. The van der Waals surface area contributed by atoms with Gasteiger partial charge in [-0.05, 0) is 44.9 Å². The molecule has 2 nitrogen and oxygen atoms in total. The van der Waals surface area contributed by atoms with E-state index in [2.05, 4.69) is 38.2 Å². The van der Waals surface area contributed by atoms with E-state index in [9.17, 15) is 4.79 Å². The van der Waals surface area contributed by atoms with Crippen LogP contribution in [-0.4, -0.2) is 12.6 Å². The van der Waals surface area contributed by atoms with Crippen molar-refractivity contribution in [1.82, 2.24) is 0 Å². The number of ether oxygens (including phenoxy) is 1. The molecule has 0 aromatic carbocycles. The highest BCUT2D eigenvalue weighted by molar-refractivity contribution is 5.69. The van der Waals surface area contributed by atoms with Crippen LogP contribution in [0.2, 0.25) is 0 Å². The number of carbonyl (C=O) groups is 1. The van der Waals surface area contributed by atoms with Crippen molar-refractivity contribution in [3.63, 3.8) is 0 Å². The first-order chi connectivity index (χ1) is 23.3. The fourth-order valence-corrected chi connectivity index (χ4v) is 6.58. The van der Waals surface area contributed by atoms with E-state index in [0.29, 0.717) is 13.0 Å². The average molecular weight is 659 g/mol. The highest BCUT2D eigenvalue weighted by atomic mass is 16.5. The molecule has 0 unspecified atom stereocenters. The Bertz CT molecular complexity index is 636. The summed E-state index contributed by atoms with van der Waals surface area (Å²) in [5, 5.41) is 0. The molecule has 0 saturated carbocycles. The van der Waals surface area contributed by atoms with E-state index in [4.69, 9.17) is 4.74 Å². The largest absolute Gasteiger partial charge is 0.466 e. The molecule has 0 bridgehead atoms. The van der Waals surface area contributed by atoms with Crippen molar-refractivity contribution in [3.05, 3.63) is 24.3 Å². The molecule has 0 spiro atoms. The highest BCUT2D eigenvalue weighted by Crippen LogP contribution is 2.16. The van der Waals surface area contributed by atoms with Gasteiger partial charge in [-0.15, -0.1) is 0 Å². The number of hydrogen-bond donors (Lipinski definition) is 0. The quantitative estimate of drug-likeness (QED) is 0.0372. The predicted molar refractivity (Wildman–Crippen MR) is 211 cm³/mol. The normalized spacial score (nSPS) is 11.8. The molecule has 0 aliphatic heterocycles. The Labute approximate surface area is 297 Å². The van der Waals surface area contributed by atoms with E-state index in [1.807, 2.05) is 0 Å². The monoisotopic (exact) mass is 659 g/mol. The number of rotatable bonds is 40. The van der Waals surface area contributed by atoms with Gasteiger partial charge in [-0.3, -0.25) is 4.79 Å². The summed E-state index contributed by atoms with van der Waals surface area (Å²) >= 11 is 0. The van der Waals surface area contributed by atoms with Gasteiger partial charge in [0.05, 0.1) is 6.61 Å². The summed E-state index contributed by atoms with van der Waals surface area (Å²) in [7, 11) is 0. The lowest BCUT2D eigenvalue weighted by molar-refractivity contribution is -0.143. The molecule has 0 radical (unpaired) electrons. The number of unbranched alkanes of at least 4 members (excludes halogenated alkanes) is 32. The first-order valence-electron chi connectivity index (χ1n) is 21.8. The molecule has 0 amide bonds. The van der Waals surface area contributed by atoms with Crippen LogP contribution in [0.4, 0.5) is 0 Å². The first kappa shape index (κ1) is 46.0. The zero-order valence-corrected chi connectivity index (χ0v) is 32.5. The van der Waals surface area contributed by atoms with E-state index >= 15 is 0 Å². The third kappa shape index (κ3) is 42.9. The van der Waals surface area contributed by atoms with Crippen LogP contribution in [-0.2, 0) is 9.53 Å². The van der Waals surface area contributed by atoms with Gasteiger partial charge < -0.3 is 4.74 Å². The average Bonchev–Trinajstić information content (AvgIpc) is 3.08. The summed E-state index contributed by atoms with van der Waals surface area (Å²) in [6.45, 7) is 5.18. The third-order valence-corrected chi connectivity index (χ3v) is 9.84. The third-order valence-electron chi connectivity index (χ3n) is 9.84. The summed E-state index contributed by atoms with van der Waals surface area (Å²) in [5.41, 5.74) is 0. The van der Waals surface area contributed by atoms with Crippen LogP contribution in [0.3, 0.4) is 0 Å². The molecule has 47 heavy (non-hydrogen) atoms. The van der Waals surface area contributed by atoms with E-state index < -0.39 is 0 Å². The summed E-state index contributed by atoms with van der Waals surface area (Å²) in [6.07, 6.45) is 58.5. The lowest BCUT2D eigenvalue weighted by Gasteiger charge is -2.06. The molecule has 0 atom stereocenters. The highest BCUT2D eigenvalue weighted by Gasteiger charge is 2.03. The predicted octanol–water partition coefficient (Wildman–Crippen LogP) is 16.1. The van der Waals surface area contributed by atoms with Crippen molar-refractivity contribution in [2.24, 2.45) is 0 Å². The van der Waals surface area contributed by atoms with Crippen LogP contribution in [0.25, 0.3) is 0 Å². The van der Waals surface area contributed by atoms with Gasteiger partial charge in [-0.25, -0.2) is 0 Å². The van der Waals surface area contributed by atoms with Crippen molar-refractivity contribution in [2.75, 3.05) is 6.61 Å². The molecule has 0 aromatic rings. The van der Waals surface area contributed by atoms with E-state index in [1.165, 1.54) is 212 Å². The molecular weight excluding hydrogens is 572 g/mol. The molecule has 2 heteroatoms. The van der Waals surface area contributed by atoms with Gasteiger partial charge in [-0.1, -0.05) is 224 Å². The molecule has 0 aliphatic carbocycles. The van der Waals surface area contributed by atoms with Crippen molar-refractivity contribution >= 4 is 5.97 Å². The molecule has 0 heterocycles. The number of allylic oxidation sites excluding steroid dienone is 4. The first-order valence-corrected chi connectivity index (χ1v) is 21.8. The SMILES string of the molecule is CCCCC/C=C\C/C=C/CCCCCCCCOC(=O)CCCCCCCCCCCCCCCCCCCCCCCCCC. The number of hydrogen-bond acceptors (Lipinski definition) is 2. The van der Waals surface area contributed by atoms with Gasteiger partial charge in [-0.2, -0.15) is 0 Å². The van der Waals surface area contributed by atoms with Gasteiger partial charge in [0.25, 0.3) is 0 Å². The van der Waals surface area contributed by atoms with Gasteiger partial charge in [0, 0.05) is 6.42 Å². The molecular formula is C45H86O2. The summed E-state index contributed by atoms with van der Waals surface area (Å²) in [4.78, 5) is 12.0. The smallest absolute Gasteiger partial charge is 0.305 e. The Balaban J connectivity index is 3.19. The molecule has 0 rings (SSSR count). The van der Waals surface area contributed by atoms with E-state index in [0.717, 1.165) is 19.3 Å². The second-order valence-electron chi connectivity index (χ2n) is 14.7. The topological polar surface area (TPSA) is 26.3 Å². The maximum absolute atomic E-state index is 12.0. The number of carbonyl (C=O) groups excluding carboxylic acids is 1. The minimum atomic E-state index is 0.0198. The van der Waals surface area contributed by atoms with Gasteiger partial charge in [0.2, 0.25) is 0 Å². The Kier molecular flexibility index (Phi) is 42.0. The van der Waals surface area contributed by atoms with Crippen molar-refractivity contribution in [3.8, 4) is 0 Å². The summed E-state index contributed by atoms with van der Waals surface area (Å²) in [6, 6.07) is 0. The minimum Gasteiger partial charge on any atom is -0.466 e. The van der Waals surface area contributed by atoms with Crippen LogP contribution in [0.1, 0.15) is 251 Å². The van der Waals surface area contributed by atoms with E-state index in [1.54, 1.807) is 0 Å². The molecule has 0 aliphatic rings. The molecule has 0 aromatic heterocycles. The molecule has 0 saturated heterocycles. The zero-order valence-electron chi connectivity index (χ0n) is 32.5. The van der Waals surface area contributed by atoms with Crippen LogP contribution in [0, 0.1) is 0 Å². The maximum Gasteiger partial charge on any atom is 0.305 e.